The van der Waals surface area contributed by atoms with Gasteiger partial charge in [-0.15, -0.1) is 0 Å². The molecule has 2 aromatic heterocycles. The van der Waals surface area contributed by atoms with E-state index in [2.05, 4.69) is 15.0 Å². The number of amides is 1. The first-order valence-electron chi connectivity index (χ1n) is 12.1. The number of ketones is 1. The van der Waals surface area contributed by atoms with Gasteiger partial charge < -0.3 is 14.3 Å². The number of nitrogens with zero attached hydrogens (tertiary/aromatic N) is 5. The van der Waals surface area contributed by atoms with Crippen LogP contribution < -0.4 is 10.5 Å². The molecule has 0 saturated carbocycles. The minimum Gasteiger partial charge on any atom is -0.368 e. The highest BCUT2D eigenvalue weighted by atomic mass is 35.5. The van der Waals surface area contributed by atoms with Gasteiger partial charge in [-0.1, -0.05) is 28.9 Å². The first-order chi connectivity index (χ1) is 17.9. The van der Waals surface area contributed by atoms with E-state index in [1.54, 1.807) is 25.1 Å². The topological polar surface area (TPSA) is 102 Å². The molecule has 0 aliphatic carbocycles. The summed E-state index contributed by atoms with van der Waals surface area (Å²) in [5, 5.41) is 5.17. The Labute approximate surface area is 218 Å². The Balaban J connectivity index is 1.24. The van der Waals surface area contributed by atoms with Crippen molar-refractivity contribution >= 4 is 39.9 Å². The summed E-state index contributed by atoms with van der Waals surface area (Å²) in [5.41, 5.74) is 2.77. The van der Waals surface area contributed by atoms with Gasteiger partial charge in [-0.3, -0.25) is 19.0 Å². The van der Waals surface area contributed by atoms with Crippen LogP contribution in [0.15, 0.2) is 64.2 Å². The highest BCUT2D eigenvalue weighted by molar-refractivity contribution is 6.30. The number of hydrogen-bond acceptors (Lipinski definition) is 7. The molecule has 37 heavy (non-hydrogen) atoms. The van der Waals surface area contributed by atoms with Gasteiger partial charge in [0, 0.05) is 68.3 Å². The van der Waals surface area contributed by atoms with E-state index < -0.39 is 0 Å². The standard InChI is InChI=1S/C27H26ClN5O4/c1-18(34)31-10-12-32(13-11-31)21-6-9-25-24(14-21)27(36)33(17-29-25)16-22(35)7-8-23-15-26(30-37-23)19-2-4-20(28)5-3-19/h2-6,9,14-15,17H,7-8,10-13,16H2,1H3. The summed E-state index contributed by atoms with van der Waals surface area (Å²) >= 11 is 5.93. The van der Waals surface area contributed by atoms with Gasteiger partial charge in [-0.25, -0.2) is 4.98 Å². The predicted octanol–water partition coefficient (Wildman–Crippen LogP) is 3.58. The lowest BCUT2D eigenvalue weighted by atomic mass is 10.1. The van der Waals surface area contributed by atoms with Gasteiger partial charge in [0.1, 0.15) is 11.5 Å². The van der Waals surface area contributed by atoms with Crippen molar-refractivity contribution in [1.82, 2.24) is 19.6 Å². The van der Waals surface area contributed by atoms with Crippen molar-refractivity contribution in [3.8, 4) is 11.3 Å². The van der Waals surface area contributed by atoms with E-state index in [-0.39, 0.29) is 30.2 Å². The van der Waals surface area contributed by atoms with Gasteiger partial charge >= 0.3 is 0 Å². The zero-order valence-electron chi connectivity index (χ0n) is 20.4. The van der Waals surface area contributed by atoms with Crippen LogP contribution in [0.5, 0.6) is 0 Å². The van der Waals surface area contributed by atoms with Crippen LogP contribution in [0.25, 0.3) is 22.2 Å². The molecule has 0 bridgehead atoms. The molecule has 1 aliphatic heterocycles. The Kier molecular flexibility index (Phi) is 7.05. The van der Waals surface area contributed by atoms with E-state index in [0.717, 1.165) is 11.3 Å². The second-order valence-electron chi connectivity index (χ2n) is 9.10. The first kappa shape index (κ1) is 24.7. The third-order valence-electron chi connectivity index (χ3n) is 6.59. The van der Waals surface area contributed by atoms with Gasteiger partial charge in [0.25, 0.3) is 5.56 Å². The Hall–Kier alpha value is -3.98. The van der Waals surface area contributed by atoms with Crippen molar-refractivity contribution in [3.05, 3.63) is 76.0 Å². The lowest BCUT2D eigenvalue weighted by molar-refractivity contribution is -0.129. The number of aryl methyl sites for hydroxylation is 1. The molecular weight excluding hydrogens is 494 g/mol. The molecule has 0 atom stereocenters. The Bertz CT molecular complexity index is 1500. The van der Waals surface area contributed by atoms with Gasteiger partial charge in [-0.05, 0) is 30.3 Å². The summed E-state index contributed by atoms with van der Waals surface area (Å²) in [6.07, 6.45) is 2.01. The number of benzene rings is 2. The average molecular weight is 520 g/mol. The van der Waals surface area contributed by atoms with Crippen LogP contribution >= 0.6 is 11.6 Å². The van der Waals surface area contributed by atoms with Crippen LogP contribution in [0.3, 0.4) is 0 Å². The number of carbonyl (C=O) groups excluding carboxylic acids is 2. The summed E-state index contributed by atoms with van der Waals surface area (Å²) in [5.74, 6) is 0.557. The largest absolute Gasteiger partial charge is 0.368 e. The summed E-state index contributed by atoms with van der Waals surface area (Å²) in [7, 11) is 0. The van der Waals surface area contributed by atoms with Crippen molar-refractivity contribution in [2.75, 3.05) is 31.1 Å². The average Bonchev–Trinajstić information content (AvgIpc) is 3.38. The molecule has 1 fully saturated rings. The molecule has 1 amide bonds. The minimum atomic E-state index is -0.257. The smallest absolute Gasteiger partial charge is 0.261 e. The third kappa shape index (κ3) is 5.56. The molecule has 9 nitrogen and oxygen atoms in total. The van der Waals surface area contributed by atoms with Gasteiger partial charge in [0.05, 0.1) is 23.8 Å². The number of piperazine rings is 1. The molecule has 4 aromatic rings. The molecular formula is C27H26ClN5O4. The number of aromatic nitrogens is 3. The third-order valence-corrected chi connectivity index (χ3v) is 6.85. The fourth-order valence-corrected chi connectivity index (χ4v) is 4.58. The monoisotopic (exact) mass is 519 g/mol. The van der Waals surface area contributed by atoms with Gasteiger partial charge in [-0.2, -0.15) is 0 Å². The molecule has 0 unspecified atom stereocenters. The quantitative estimate of drug-likeness (QED) is 0.368. The molecule has 0 radical (unpaired) electrons. The molecule has 10 heteroatoms. The molecule has 2 aromatic carbocycles. The summed E-state index contributed by atoms with van der Waals surface area (Å²) < 4.78 is 6.73. The zero-order valence-corrected chi connectivity index (χ0v) is 21.1. The summed E-state index contributed by atoms with van der Waals surface area (Å²) in [4.78, 5) is 45.8. The second kappa shape index (κ2) is 10.6. The molecule has 3 heterocycles. The number of fused-ring (bicyclic) bond motifs is 1. The first-order valence-corrected chi connectivity index (χ1v) is 12.5. The number of Topliss-reactive ketones (excluding diaryl/α,β-unsaturated/α-hetero) is 1. The highest BCUT2D eigenvalue weighted by Crippen LogP contribution is 2.22. The Morgan fingerprint density at radius 1 is 1.03 bits per heavy atom. The summed E-state index contributed by atoms with van der Waals surface area (Å²) in [6, 6.07) is 14.6. The van der Waals surface area contributed by atoms with Gasteiger partial charge in [0.2, 0.25) is 5.91 Å². The zero-order chi connectivity index (χ0) is 25.9. The van der Waals surface area contributed by atoms with Crippen molar-refractivity contribution in [2.24, 2.45) is 0 Å². The van der Waals surface area contributed by atoms with E-state index in [9.17, 15) is 14.4 Å². The number of anilines is 1. The maximum Gasteiger partial charge on any atom is 0.261 e. The van der Waals surface area contributed by atoms with Crippen LogP contribution in [0.2, 0.25) is 5.02 Å². The molecule has 0 spiro atoms. The number of carbonyl (C=O) groups is 2. The fourth-order valence-electron chi connectivity index (χ4n) is 4.45. The molecule has 190 valence electrons. The number of rotatable bonds is 7. The van der Waals surface area contributed by atoms with E-state index >= 15 is 0 Å². The molecule has 1 aliphatic rings. The SMILES string of the molecule is CC(=O)N1CCN(c2ccc3ncn(CC(=O)CCc4cc(-c5ccc(Cl)cc5)no4)c(=O)c3c2)CC1. The van der Waals surface area contributed by atoms with E-state index in [4.69, 9.17) is 16.1 Å². The fraction of sp³-hybridized carbons (Fsp3) is 0.296. The predicted molar refractivity (Wildman–Crippen MR) is 141 cm³/mol. The van der Waals surface area contributed by atoms with Crippen molar-refractivity contribution in [1.29, 1.82) is 0 Å². The van der Waals surface area contributed by atoms with Crippen molar-refractivity contribution in [3.63, 3.8) is 0 Å². The van der Waals surface area contributed by atoms with Crippen LogP contribution in [0, 0.1) is 0 Å². The maximum absolute atomic E-state index is 13.2. The Morgan fingerprint density at radius 2 is 1.78 bits per heavy atom. The van der Waals surface area contributed by atoms with Crippen LogP contribution in [-0.4, -0.2) is 57.5 Å². The lowest BCUT2D eigenvalue weighted by Crippen LogP contribution is -2.48. The van der Waals surface area contributed by atoms with Gasteiger partial charge in [0.15, 0.2) is 5.78 Å². The minimum absolute atomic E-state index is 0.0680. The van der Waals surface area contributed by atoms with E-state index in [1.807, 2.05) is 35.2 Å². The maximum atomic E-state index is 13.2. The molecule has 5 rings (SSSR count). The second-order valence-corrected chi connectivity index (χ2v) is 9.53. The van der Waals surface area contributed by atoms with Crippen molar-refractivity contribution < 1.29 is 14.1 Å². The van der Waals surface area contributed by atoms with E-state index in [1.165, 1.54) is 10.9 Å². The number of hydrogen-bond donors (Lipinski definition) is 0. The van der Waals surface area contributed by atoms with Crippen LogP contribution in [0.1, 0.15) is 19.1 Å². The number of halogens is 1. The molecule has 0 N–H and O–H groups in total. The normalized spacial score (nSPS) is 13.8. The van der Waals surface area contributed by atoms with Crippen molar-refractivity contribution in [2.45, 2.75) is 26.3 Å². The molecule has 1 saturated heterocycles. The highest BCUT2D eigenvalue weighted by Gasteiger charge is 2.20. The lowest BCUT2D eigenvalue weighted by Gasteiger charge is -2.35. The van der Waals surface area contributed by atoms with Crippen LogP contribution in [-0.2, 0) is 22.6 Å². The Morgan fingerprint density at radius 3 is 2.51 bits per heavy atom. The summed E-state index contributed by atoms with van der Waals surface area (Å²) in [6.45, 7) is 4.18. The van der Waals surface area contributed by atoms with Crippen LogP contribution in [0.4, 0.5) is 5.69 Å². The van der Waals surface area contributed by atoms with E-state index in [0.29, 0.717) is 60.0 Å².